The highest BCUT2D eigenvalue weighted by atomic mass is 15.0. The molecule has 0 bridgehead atoms. The van der Waals surface area contributed by atoms with Gasteiger partial charge in [0, 0.05) is 24.2 Å². The Hall–Kier alpha value is -1.09. The van der Waals surface area contributed by atoms with Crippen molar-refractivity contribution in [1.82, 2.24) is 4.98 Å². The van der Waals surface area contributed by atoms with Gasteiger partial charge in [0.1, 0.15) is 5.82 Å². The van der Waals surface area contributed by atoms with Crippen LogP contribution in [0.4, 0.5) is 5.82 Å². The van der Waals surface area contributed by atoms with Crippen molar-refractivity contribution in [2.75, 3.05) is 11.9 Å². The van der Waals surface area contributed by atoms with Gasteiger partial charge in [0.15, 0.2) is 0 Å². The molecule has 3 N–H and O–H groups in total. The van der Waals surface area contributed by atoms with Crippen LogP contribution < -0.4 is 11.1 Å². The summed E-state index contributed by atoms with van der Waals surface area (Å²) in [6.07, 6.45) is 2.40. The Morgan fingerprint density at radius 2 is 1.84 bits per heavy atom. The van der Waals surface area contributed by atoms with Gasteiger partial charge in [-0.2, -0.15) is 0 Å². The summed E-state index contributed by atoms with van der Waals surface area (Å²) < 4.78 is 0. The number of nitrogens with zero attached hydrogens (tertiary/aromatic N) is 1. The van der Waals surface area contributed by atoms with Crippen LogP contribution in [0, 0.1) is 5.92 Å². The smallest absolute Gasteiger partial charge is 0.126 e. The van der Waals surface area contributed by atoms with Crippen LogP contribution in [0.2, 0.25) is 0 Å². The molecule has 0 aliphatic heterocycles. The molecule has 0 spiro atoms. The first kappa shape index (κ1) is 16.0. The number of pyridine rings is 1. The normalized spacial score (nSPS) is 11.9. The molecule has 0 aliphatic carbocycles. The van der Waals surface area contributed by atoms with Gasteiger partial charge in [0.25, 0.3) is 0 Å². The Labute approximate surface area is 118 Å². The molecule has 0 aromatic carbocycles. The summed E-state index contributed by atoms with van der Waals surface area (Å²) in [6.45, 7) is 12.6. The van der Waals surface area contributed by atoms with Crippen molar-refractivity contribution < 1.29 is 0 Å². The molecule has 0 aliphatic rings. The second-order valence-electron chi connectivity index (χ2n) is 6.26. The fourth-order valence-electron chi connectivity index (χ4n) is 2.01. The molecule has 0 atom stereocenters. The van der Waals surface area contributed by atoms with Gasteiger partial charge in [-0.1, -0.05) is 47.5 Å². The van der Waals surface area contributed by atoms with Crippen LogP contribution >= 0.6 is 0 Å². The standard InChI is InChI=1S/C16H29N3/c1-6-12(7-2)11-18-15-9-13(10-17)8-14(19-15)16(3,4)5/h8-9,12H,6-7,10-11,17H2,1-5H3,(H,18,19). The molecule has 0 unspecified atom stereocenters. The highest BCUT2D eigenvalue weighted by Gasteiger charge is 2.17. The van der Waals surface area contributed by atoms with E-state index in [4.69, 9.17) is 10.7 Å². The average molecular weight is 263 g/mol. The molecule has 0 fully saturated rings. The molecule has 1 heterocycles. The second kappa shape index (κ2) is 6.90. The van der Waals surface area contributed by atoms with Gasteiger partial charge >= 0.3 is 0 Å². The van der Waals surface area contributed by atoms with E-state index in [1.807, 2.05) is 0 Å². The van der Waals surface area contributed by atoms with E-state index in [0.29, 0.717) is 12.5 Å². The summed E-state index contributed by atoms with van der Waals surface area (Å²) in [5.74, 6) is 1.67. The van der Waals surface area contributed by atoms with Crippen molar-refractivity contribution >= 4 is 5.82 Å². The Balaban J connectivity index is 2.88. The molecule has 1 aromatic rings. The number of hydrogen-bond donors (Lipinski definition) is 2. The minimum atomic E-state index is 0.0521. The molecule has 0 saturated carbocycles. The van der Waals surface area contributed by atoms with E-state index < -0.39 is 0 Å². The van der Waals surface area contributed by atoms with Gasteiger partial charge in [0.05, 0.1) is 0 Å². The predicted octanol–water partition coefficient (Wildman–Crippen LogP) is 3.69. The van der Waals surface area contributed by atoms with E-state index in [1.54, 1.807) is 0 Å². The Morgan fingerprint density at radius 3 is 2.32 bits per heavy atom. The number of nitrogens with two attached hydrogens (primary N) is 1. The van der Waals surface area contributed by atoms with Crippen LogP contribution in [-0.4, -0.2) is 11.5 Å². The second-order valence-corrected chi connectivity index (χ2v) is 6.26. The molecule has 3 nitrogen and oxygen atoms in total. The molecule has 0 amide bonds. The van der Waals surface area contributed by atoms with E-state index in [-0.39, 0.29) is 5.41 Å². The van der Waals surface area contributed by atoms with Crippen LogP contribution in [-0.2, 0) is 12.0 Å². The maximum absolute atomic E-state index is 5.78. The summed E-state index contributed by atoms with van der Waals surface area (Å²) >= 11 is 0. The fraction of sp³-hybridized carbons (Fsp3) is 0.688. The quantitative estimate of drug-likeness (QED) is 0.823. The van der Waals surface area contributed by atoms with Gasteiger partial charge < -0.3 is 11.1 Å². The maximum Gasteiger partial charge on any atom is 0.126 e. The van der Waals surface area contributed by atoms with Crippen LogP contribution in [0.15, 0.2) is 12.1 Å². The van der Waals surface area contributed by atoms with E-state index in [0.717, 1.165) is 23.6 Å². The van der Waals surface area contributed by atoms with Gasteiger partial charge in [-0.25, -0.2) is 4.98 Å². The lowest BCUT2D eigenvalue weighted by atomic mass is 9.90. The third-order valence-electron chi connectivity index (χ3n) is 3.62. The summed E-state index contributed by atoms with van der Waals surface area (Å²) in [5, 5.41) is 3.47. The first-order chi connectivity index (χ1) is 8.90. The van der Waals surface area contributed by atoms with Crippen molar-refractivity contribution in [2.45, 2.75) is 59.4 Å². The monoisotopic (exact) mass is 263 g/mol. The lowest BCUT2D eigenvalue weighted by molar-refractivity contribution is 0.517. The summed E-state index contributed by atoms with van der Waals surface area (Å²) in [5.41, 5.74) is 8.08. The molecule has 19 heavy (non-hydrogen) atoms. The van der Waals surface area contributed by atoms with Gasteiger partial charge in [-0.3, -0.25) is 0 Å². The Bertz CT molecular complexity index is 389. The van der Waals surface area contributed by atoms with Crippen molar-refractivity contribution in [3.8, 4) is 0 Å². The maximum atomic E-state index is 5.78. The molecule has 0 saturated heterocycles. The Morgan fingerprint density at radius 1 is 1.21 bits per heavy atom. The highest BCUT2D eigenvalue weighted by Crippen LogP contribution is 2.23. The van der Waals surface area contributed by atoms with Crippen molar-refractivity contribution in [2.24, 2.45) is 11.7 Å². The van der Waals surface area contributed by atoms with E-state index in [9.17, 15) is 0 Å². The molecule has 1 aromatic heterocycles. The third-order valence-corrected chi connectivity index (χ3v) is 3.62. The van der Waals surface area contributed by atoms with Crippen molar-refractivity contribution in [3.63, 3.8) is 0 Å². The van der Waals surface area contributed by atoms with E-state index >= 15 is 0 Å². The van der Waals surface area contributed by atoms with Crippen molar-refractivity contribution in [1.29, 1.82) is 0 Å². The average Bonchev–Trinajstić information content (AvgIpc) is 2.38. The minimum absolute atomic E-state index is 0.0521. The number of anilines is 1. The lowest BCUT2D eigenvalue weighted by Gasteiger charge is -2.21. The molecule has 1 rings (SSSR count). The number of hydrogen-bond acceptors (Lipinski definition) is 3. The summed E-state index contributed by atoms with van der Waals surface area (Å²) in [4.78, 5) is 4.73. The zero-order chi connectivity index (χ0) is 14.5. The number of aromatic nitrogens is 1. The molecule has 3 heteroatoms. The zero-order valence-electron chi connectivity index (χ0n) is 13.1. The van der Waals surface area contributed by atoms with Crippen LogP contribution in [0.5, 0.6) is 0 Å². The SMILES string of the molecule is CCC(CC)CNc1cc(CN)cc(C(C)(C)C)n1. The van der Waals surface area contributed by atoms with Crippen molar-refractivity contribution in [3.05, 3.63) is 23.4 Å². The van der Waals surface area contributed by atoms with E-state index in [2.05, 4.69) is 52.1 Å². The molecule has 0 radical (unpaired) electrons. The largest absolute Gasteiger partial charge is 0.370 e. The fourth-order valence-corrected chi connectivity index (χ4v) is 2.01. The van der Waals surface area contributed by atoms with Gasteiger partial charge in [-0.15, -0.1) is 0 Å². The minimum Gasteiger partial charge on any atom is -0.370 e. The molecular weight excluding hydrogens is 234 g/mol. The molecule has 108 valence electrons. The lowest BCUT2D eigenvalue weighted by Crippen LogP contribution is -2.18. The van der Waals surface area contributed by atoms with Crippen LogP contribution in [0.1, 0.15) is 58.7 Å². The summed E-state index contributed by atoms with van der Waals surface area (Å²) in [7, 11) is 0. The number of nitrogens with one attached hydrogen (secondary N) is 1. The predicted molar refractivity (Wildman–Crippen MR) is 83.4 cm³/mol. The third kappa shape index (κ3) is 4.83. The van der Waals surface area contributed by atoms with Crippen LogP contribution in [0.25, 0.3) is 0 Å². The first-order valence-corrected chi connectivity index (χ1v) is 7.36. The zero-order valence-corrected chi connectivity index (χ0v) is 13.1. The molecular formula is C16H29N3. The topological polar surface area (TPSA) is 50.9 Å². The van der Waals surface area contributed by atoms with Crippen LogP contribution in [0.3, 0.4) is 0 Å². The first-order valence-electron chi connectivity index (χ1n) is 7.36. The van der Waals surface area contributed by atoms with Gasteiger partial charge in [0.2, 0.25) is 0 Å². The summed E-state index contributed by atoms with van der Waals surface area (Å²) in [6, 6.07) is 4.18. The Kier molecular flexibility index (Phi) is 5.80. The van der Waals surface area contributed by atoms with E-state index in [1.165, 1.54) is 12.8 Å². The number of rotatable bonds is 6. The van der Waals surface area contributed by atoms with Gasteiger partial charge in [-0.05, 0) is 23.6 Å². The highest BCUT2D eigenvalue weighted by molar-refractivity contribution is 5.41.